The number of rotatable bonds is 11. The number of hydrogen-bond acceptors (Lipinski definition) is 5. The third-order valence-electron chi connectivity index (χ3n) is 6.33. The van der Waals surface area contributed by atoms with Crippen LogP contribution in [0.1, 0.15) is 84.9 Å². The minimum Gasteiger partial charge on any atom is -0.478 e. The number of carbonyl (C=O) groups is 2. The lowest BCUT2D eigenvalue weighted by Crippen LogP contribution is -2.41. The van der Waals surface area contributed by atoms with E-state index in [1.54, 1.807) is 25.1 Å². The van der Waals surface area contributed by atoms with Crippen LogP contribution in [0.25, 0.3) is 10.6 Å². The molecule has 2 aromatic carbocycles. The number of carbonyl (C=O) groups excluding carboxylic acids is 1. The number of hydrogen-bond donors (Lipinski definition) is 1. The topological polar surface area (TPSA) is 76.5 Å². The van der Waals surface area contributed by atoms with Crippen LogP contribution in [0.2, 0.25) is 0 Å². The quantitative estimate of drug-likeness (QED) is 0.246. The summed E-state index contributed by atoms with van der Waals surface area (Å²) < 4.78 is 44.5. The summed E-state index contributed by atoms with van der Waals surface area (Å²) in [5, 5.41) is 10.2. The lowest BCUT2D eigenvalue weighted by atomic mass is 9.98. The van der Waals surface area contributed by atoms with Crippen LogP contribution in [0.5, 0.6) is 5.75 Å². The summed E-state index contributed by atoms with van der Waals surface area (Å²) in [4.78, 5) is 30.4. The van der Waals surface area contributed by atoms with Gasteiger partial charge in [0.05, 0.1) is 11.3 Å². The standard InChI is InChI=1S/C29H32F3NO4S/c1-6-15-28(5,27(35)36)37-21-11-12-22(18(4)16-21)23(34)13-14-24-25(17(2)3)33-26(38-24)19-7-9-20(10-8-19)29(30,31)32/h7-12,16-17H,6,13-15H2,1-5H3,(H,35,36). The second-order valence-electron chi connectivity index (χ2n) is 9.85. The molecule has 1 unspecified atom stereocenters. The molecule has 0 saturated carbocycles. The number of carboxylic acid groups (broad SMARTS) is 1. The Morgan fingerprint density at radius 2 is 1.76 bits per heavy atom. The molecule has 9 heteroatoms. The molecule has 0 amide bonds. The van der Waals surface area contributed by atoms with E-state index in [1.165, 1.54) is 30.4 Å². The highest BCUT2D eigenvalue weighted by atomic mass is 32.1. The van der Waals surface area contributed by atoms with Crippen molar-refractivity contribution in [2.24, 2.45) is 0 Å². The fourth-order valence-corrected chi connectivity index (χ4v) is 5.45. The number of Topliss-reactive ketones (excluding diaryl/α,β-unsaturated/α-hetero) is 1. The zero-order valence-electron chi connectivity index (χ0n) is 22.1. The minimum atomic E-state index is -4.40. The van der Waals surface area contributed by atoms with Gasteiger partial charge in [0.2, 0.25) is 5.60 Å². The fourth-order valence-electron chi connectivity index (χ4n) is 4.23. The zero-order chi connectivity index (χ0) is 28.3. The number of ether oxygens (including phenoxy) is 1. The summed E-state index contributed by atoms with van der Waals surface area (Å²) in [5.74, 6) is -0.631. The largest absolute Gasteiger partial charge is 0.478 e. The summed E-state index contributed by atoms with van der Waals surface area (Å²) in [6.07, 6.45) is -2.71. The number of benzene rings is 2. The van der Waals surface area contributed by atoms with E-state index in [4.69, 9.17) is 4.74 Å². The Balaban J connectivity index is 1.76. The van der Waals surface area contributed by atoms with Gasteiger partial charge in [-0.05, 0) is 68.5 Å². The summed E-state index contributed by atoms with van der Waals surface area (Å²) in [5.41, 5.74) is 0.598. The highest BCUT2D eigenvalue weighted by Gasteiger charge is 2.35. The molecule has 0 spiro atoms. The molecule has 5 nitrogen and oxygen atoms in total. The van der Waals surface area contributed by atoms with E-state index >= 15 is 0 Å². The van der Waals surface area contributed by atoms with Crippen molar-refractivity contribution in [1.29, 1.82) is 0 Å². The van der Waals surface area contributed by atoms with Gasteiger partial charge in [-0.3, -0.25) is 4.79 Å². The molecule has 0 aliphatic rings. The number of nitrogens with zero attached hydrogens (tertiary/aromatic N) is 1. The molecule has 1 heterocycles. The molecule has 3 aromatic rings. The average Bonchev–Trinajstić information content (AvgIpc) is 3.27. The first-order valence-electron chi connectivity index (χ1n) is 12.5. The molecule has 1 atom stereocenters. The van der Waals surface area contributed by atoms with Gasteiger partial charge < -0.3 is 9.84 Å². The van der Waals surface area contributed by atoms with E-state index in [0.29, 0.717) is 46.7 Å². The van der Waals surface area contributed by atoms with Crippen molar-refractivity contribution in [3.05, 3.63) is 69.7 Å². The van der Waals surface area contributed by atoms with Crippen molar-refractivity contribution in [2.45, 2.75) is 78.0 Å². The number of alkyl halides is 3. The fraction of sp³-hybridized carbons (Fsp3) is 0.414. The zero-order valence-corrected chi connectivity index (χ0v) is 22.9. The molecule has 38 heavy (non-hydrogen) atoms. The van der Waals surface area contributed by atoms with Crippen molar-refractivity contribution in [3.63, 3.8) is 0 Å². The summed E-state index contributed by atoms with van der Waals surface area (Å²) in [6, 6.07) is 9.89. The number of thiazole rings is 1. The Hall–Kier alpha value is -3.20. The monoisotopic (exact) mass is 547 g/mol. The Bertz CT molecular complexity index is 1300. The molecule has 0 saturated heterocycles. The predicted octanol–water partition coefficient (Wildman–Crippen LogP) is 8.10. The van der Waals surface area contributed by atoms with Crippen LogP contribution in [-0.2, 0) is 17.4 Å². The maximum Gasteiger partial charge on any atom is 0.416 e. The number of aromatic nitrogens is 1. The molecule has 0 aliphatic carbocycles. The van der Waals surface area contributed by atoms with Gasteiger partial charge in [0, 0.05) is 22.4 Å². The molecule has 1 aromatic heterocycles. The van der Waals surface area contributed by atoms with Crippen molar-refractivity contribution in [3.8, 4) is 16.3 Å². The molecule has 0 radical (unpaired) electrons. The first kappa shape index (κ1) is 29.4. The molecule has 0 fully saturated rings. The first-order valence-corrected chi connectivity index (χ1v) is 13.3. The van der Waals surface area contributed by atoms with E-state index in [-0.39, 0.29) is 18.1 Å². The molecule has 1 N–H and O–H groups in total. The highest BCUT2D eigenvalue weighted by Crippen LogP contribution is 2.35. The van der Waals surface area contributed by atoms with Crippen LogP contribution in [-0.4, -0.2) is 27.4 Å². The predicted molar refractivity (Wildman–Crippen MR) is 142 cm³/mol. The van der Waals surface area contributed by atoms with Crippen LogP contribution in [0.4, 0.5) is 13.2 Å². The van der Waals surface area contributed by atoms with Crippen molar-refractivity contribution < 1.29 is 32.6 Å². The smallest absolute Gasteiger partial charge is 0.416 e. The first-order chi connectivity index (χ1) is 17.7. The van der Waals surface area contributed by atoms with Crippen molar-refractivity contribution >= 4 is 23.1 Å². The lowest BCUT2D eigenvalue weighted by molar-refractivity contribution is -0.154. The summed E-state index contributed by atoms with van der Waals surface area (Å²) in [6.45, 7) is 9.19. The Kier molecular flexibility index (Phi) is 9.02. The van der Waals surface area contributed by atoms with Crippen LogP contribution in [0.15, 0.2) is 42.5 Å². The van der Waals surface area contributed by atoms with Crippen LogP contribution in [0, 0.1) is 6.92 Å². The van der Waals surface area contributed by atoms with E-state index < -0.39 is 23.3 Å². The van der Waals surface area contributed by atoms with Gasteiger partial charge in [-0.1, -0.05) is 39.3 Å². The van der Waals surface area contributed by atoms with Gasteiger partial charge in [-0.2, -0.15) is 13.2 Å². The molecule has 3 rings (SSSR count). The SMILES string of the molecule is CCCC(C)(Oc1ccc(C(=O)CCc2sc(-c3ccc(C(F)(F)F)cc3)nc2C(C)C)c(C)c1)C(=O)O. The normalized spacial score (nSPS) is 13.4. The number of aryl methyl sites for hydroxylation is 2. The van der Waals surface area contributed by atoms with Crippen molar-refractivity contribution in [1.82, 2.24) is 4.98 Å². The Labute approximate surface area is 224 Å². The lowest BCUT2D eigenvalue weighted by Gasteiger charge is -2.26. The Morgan fingerprint density at radius 3 is 2.29 bits per heavy atom. The molecular weight excluding hydrogens is 515 g/mol. The summed E-state index contributed by atoms with van der Waals surface area (Å²) in [7, 11) is 0. The summed E-state index contributed by atoms with van der Waals surface area (Å²) >= 11 is 1.39. The van der Waals surface area contributed by atoms with Gasteiger partial charge >= 0.3 is 12.1 Å². The van der Waals surface area contributed by atoms with Gasteiger partial charge in [-0.25, -0.2) is 9.78 Å². The number of carboxylic acids is 1. The molecule has 204 valence electrons. The van der Waals surface area contributed by atoms with Gasteiger partial charge in [-0.15, -0.1) is 11.3 Å². The maximum absolute atomic E-state index is 13.1. The minimum absolute atomic E-state index is 0.0669. The highest BCUT2D eigenvalue weighted by molar-refractivity contribution is 7.15. The van der Waals surface area contributed by atoms with E-state index in [0.717, 1.165) is 22.7 Å². The van der Waals surface area contributed by atoms with Crippen LogP contribution in [0.3, 0.4) is 0 Å². The van der Waals surface area contributed by atoms with Gasteiger partial charge in [0.1, 0.15) is 10.8 Å². The molecular formula is C29H32F3NO4S. The van der Waals surface area contributed by atoms with Crippen LogP contribution >= 0.6 is 11.3 Å². The van der Waals surface area contributed by atoms with E-state index in [1.807, 2.05) is 20.8 Å². The third kappa shape index (κ3) is 6.81. The number of halogens is 3. The molecule has 0 aliphatic heterocycles. The third-order valence-corrected chi connectivity index (χ3v) is 7.51. The maximum atomic E-state index is 13.1. The second kappa shape index (κ2) is 11.7. The van der Waals surface area contributed by atoms with Crippen LogP contribution < -0.4 is 4.74 Å². The molecule has 0 bridgehead atoms. The second-order valence-corrected chi connectivity index (χ2v) is 10.9. The van der Waals surface area contributed by atoms with Crippen molar-refractivity contribution in [2.75, 3.05) is 0 Å². The number of aliphatic carboxylic acids is 1. The average molecular weight is 548 g/mol. The Morgan fingerprint density at radius 1 is 1.11 bits per heavy atom. The number of ketones is 1. The van der Waals surface area contributed by atoms with E-state index in [9.17, 15) is 27.9 Å². The van der Waals surface area contributed by atoms with Gasteiger partial charge in [0.15, 0.2) is 5.78 Å². The van der Waals surface area contributed by atoms with Gasteiger partial charge in [0.25, 0.3) is 0 Å². The van der Waals surface area contributed by atoms with E-state index in [2.05, 4.69) is 4.98 Å².